The summed E-state index contributed by atoms with van der Waals surface area (Å²) in [5.41, 5.74) is 0.0822. The van der Waals surface area contributed by atoms with E-state index in [1.807, 2.05) is 11.5 Å². The second kappa shape index (κ2) is 7.63. The van der Waals surface area contributed by atoms with Crippen LogP contribution in [0.5, 0.6) is 0 Å². The molecule has 8 nitrogen and oxygen atoms in total. The first-order chi connectivity index (χ1) is 12.4. The third-order valence-electron chi connectivity index (χ3n) is 4.07. The highest BCUT2D eigenvalue weighted by Crippen LogP contribution is 2.40. The molecule has 1 aliphatic rings. The Kier molecular flexibility index (Phi) is 5.47. The Bertz CT molecular complexity index is 852. The fourth-order valence-corrected chi connectivity index (χ4v) is 3.58. The molecule has 1 amide bonds. The van der Waals surface area contributed by atoms with E-state index in [9.17, 15) is 14.9 Å². The molecule has 1 heterocycles. The Hall–Kier alpha value is -2.13. The van der Waals surface area contributed by atoms with Gasteiger partial charge in [-0.05, 0) is 32.8 Å². The number of non-ortho nitro benzene ring substituents is 1. The first-order valence-electron chi connectivity index (χ1n) is 8.25. The molecular weight excluding hydrogens is 378 g/mol. The Labute approximate surface area is 159 Å². The topological polar surface area (TPSA) is 103 Å². The summed E-state index contributed by atoms with van der Waals surface area (Å²) >= 11 is 7.34. The van der Waals surface area contributed by atoms with Crippen molar-refractivity contribution in [2.45, 2.75) is 49.6 Å². The minimum Gasteiger partial charge on any atom is -0.324 e. The molecule has 26 heavy (non-hydrogen) atoms. The van der Waals surface area contributed by atoms with E-state index in [4.69, 9.17) is 11.6 Å². The van der Waals surface area contributed by atoms with Crippen LogP contribution in [0.25, 0.3) is 0 Å². The molecule has 10 heteroatoms. The van der Waals surface area contributed by atoms with E-state index in [1.165, 1.54) is 30.0 Å². The van der Waals surface area contributed by atoms with Crippen LogP contribution in [0.4, 0.5) is 11.4 Å². The average molecular weight is 396 g/mol. The van der Waals surface area contributed by atoms with Gasteiger partial charge in [0.2, 0.25) is 5.91 Å². The number of carbonyl (C=O) groups excluding carboxylic acids is 1. The molecule has 1 unspecified atom stereocenters. The molecule has 1 atom stereocenters. The zero-order valence-electron chi connectivity index (χ0n) is 14.3. The molecular formula is C16H18ClN5O3S. The smallest absolute Gasteiger partial charge is 0.271 e. The summed E-state index contributed by atoms with van der Waals surface area (Å²) in [4.78, 5) is 22.8. The molecule has 1 aliphatic carbocycles. The molecule has 3 rings (SSSR count). The lowest BCUT2D eigenvalue weighted by molar-refractivity contribution is -0.384. The van der Waals surface area contributed by atoms with Gasteiger partial charge in [-0.25, -0.2) is 0 Å². The Morgan fingerprint density at radius 1 is 1.50 bits per heavy atom. The SMILES string of the molecule is CCn1c(SC(C)C(=O)Nc2cc([N+](=O)[O-])ccc2Cl)nnc1C1CC1. The van der Waals surface area contributed by atoms with Crippen molar-refractivity contribution in [3.8, 4) is 0 Å². The average Bonchev–Trinajstić information content (AvgIpc) is 3.37. The lowest BCUT2D eigenvalue weighted by atomic mass is 10.2. The second-order valence-corrected chi connectivity index (χ2v) is 7.75. The van der Waals surface area contributed by atoms with E-state index in [0.717, 1.165) is 25.2 Å². The number of rotatable bonds is 7. The van der Waals surface area contributed by atoms with Crippen molar-refractivity contribution < 1.29 is 9.72 Å². The van der Waals surface area contributed by atoms with Gasteiger partial charge in [-0.3, -0.25) is 14.9 Å². The van der Waals surface area contributed by atoms with Crippen molar-refractivity contribution in [2.75, 3.05) is 5.32 Å². The van der Waals surface area contributed by atoms with E-state index >= 15 is 0 Å². The van der Waals surface area contributed by atoms with Crippen LogP contribution >= 0.6 is 23.4 Å². The van der Waals surface area contributed by atoms with Crippen LogP contribution in [-0.2, 0) is 11.3 Å². The Balaban J connectivity index is 1.71. The number of nitrogens with zero attached hydrogens (tertiary/aromatic N) is 4. The number of nitro groups is 1. The van der Waals surface area contributed by atoms with Gasteiger partial charge < -0.3 is 9.88 Å². The minimum absolute atomic E-state index is 0.134. The number of benzene rings is 1. The number of nitrogens with one attached hydrogen (secondary N) is 1. The summed E-state index contributed by atoms with van der Waals surface area (Å²) in [6, 6.07) is 3.93. The molecule has 1 aromatic carbocycles. The number of nitro benzene ring substituents is 1. The number of carbonyl (C=O) groups is 1. The molecule has 1 N–H and O–H groups in total. The molecule has 0 aliphatic heterocycles. The Morgan fingerprint density at radius 2 is 2.23 bits per heavy atom. The number of aromatic nitrogens is 3. The summed E-state index contributed by atoms with van der Waals surface area (Å²) in [5, 5.41) is 22.5. The van der Waals surface area contributed by atoms with Crippen LogP contribution in [0.3, 0.4) is 0 Å². The molecule has 2 aromatic rings. The summed E-state index contributed by atoms with van der Waals surface area (Å²) in [5.74, 6) is 1.14. The van der Waals surface area contributed by atoms with Gasteiger partial charge in [0.1, 0.15) is 5.82 Å². The molecule has 1 aromatic heterocycles. The van der Waals surface area contributed by atoms with Crippen LogP contribution in [0.1, 0.15) is 38.4 Å². The van der Waals surface area contributed by atoms with E-state index < -0.39 is 10.2 Å². The number of halogens is 1. The summed E-state index contributed by atoms with van der Waals surface area (Å²) in [6.45, 7) is 4.51. The number of hydrogen-bond donors (Lipinski definition) is 1. The minimum atomic E-state index is -0.534. The molecule has 138 valence electrons. The Morgan fingerprint density at radius 3 is 2.85 bits per heavy atom. The monoisotopic (exact) mass is 395 g/mol. The van der Waals surface area contributed by atoms with Gasteiger partial charge in [-0.2, -0.15) is 0 Å². The van der Waals surface area contributed by atoms with Crippen LogP contribution in [0.15, 0.2) is 23.4 Å². The number of anilines is 1. The van der Waals surface area contributed by atoms with Gasteiger partial charge >= 0.3 is 0 Å². The third-order valence-corrected chi connectivity index (χ3v) is 5.48. The van der Waals surface area contributed by atoms with Gasteiger partial charge in [0, 0.05) is 24.6 Å². The highest BCUT2D eigenvalue weighted by atomic mass is 35.5. The van der Waals surface area contributed by atoms with Crippen molar-refractivity contribution in [3.63, 3.8) is 0 Å². The molecule has 1 saturated carbocycles. The van der Waals surface area contributed by atoms with E-state index in [1.54, 1.807) is 6.92 Å². The maximum atomic E-state index is 12.5. The largest absolute Gasteiger partial charge is 0.324 e. The maximum absolute atomic E-state index is 12.5. The predicted molar refractivity (Wildman–Crippen MR) is 99.7 cm³/mol. The van der Waals surface area contributed by atoms with Crippen molar-refractivity contribution >= 4 is 40.6 Å². The summed E-state index contributed by atoms with van der Waals surface area (Å²) < 4.78 is 2.03. The van der Waals surface area contributed by atoms with Gasteiger partial charge in [-0.1, -0.05) is 23.4 Å². The van der Waals surface area contributed by atoms with Crippen LogP contribution in [-0.4, -0.2) is 30.8 Å². The van der Waals surface area contributed by atoms with E-state index in [2.05, 4.69) is 15.5 Å². The number of thioether (sulfide) groups is 1. The number of hydrogen-bond acceptors (Lipinski definition) is 6. The second-order valence-electron chi connectivity index (χ2n) is 6.03. The molecule has 0 bridgehead atoms. The first kappa shape index (κ1) is 18.7. The van der Waals surface area contributed by atoms with Gasteiger partial charge in [0.15, 0.2) is 5.16 Å². The third kappa shape index (κ3) is 3.99. The van der Waals surface area contributed by atoms with Gasteiger partial charge in [-0.15, -0.1) is 10.2 Å². The number of amides is 1. The van der Waals surface area contributed by atoms with Crippen molar-refractivity contribution in [1.29, 1.82) is 0 Å². The predicted octanol–water partition coefficient (Wildman–Crippen LogP) is 3.86. The summed E-state index contributed by atoms with van der Waals surface area (Å²) in [7, 11) is 0. The van der Waals surface area contributed by atoms with Crippen molar-refractivity contribution in [2.24, 2.45) is 0 Å². The molecule has 1 fully saturated rings. The first-order valence-corrected chi connectivity index (χ1v) is 9.51. The standard InChI is InChI=1S/C16H18ClN5O3S/c1-3-21-14(10-4-5-10)19-20-16(21)26-9(2)15(23)18-13-8-11(22(24)25)6-7-12(13)17/h6-10H,3-5H2,1-2H3,(H,18,23). The van der Waals surface area contributed by atoms with Crippen molar-refractivity contribution in [1.82, 2.24) is 14.8 Å². The zero-order valence-corrected chi connectivity index (χ0v) is 15.9. The lowest BCUT2D eigenvalue weighted by Crippen LogP contribution is -2.23. The van der Waals surface area contributed by atoms with Crippen LogP contribution in [0.2, 0.25) is 5.02 Å². The summed E-state index contributed by atoms with van der Waals surface area (Å²) in [6.07, 6.45) is 2.26. The zero-order chi connectivity index (χ0) is 18.8. The fraction of sp³-hybridized carbons (Fsp3) is 0.438. The van der Waals surface area contributed by atoms with E-state index in [0.29, 0.717) is 11.1 Å². The highest BCUT2D eigenvalue weighted by Gasteiger charge is 2.30. The molecule has 0 radical (unpaired) electrons. The normalized spacial score (nSPS) is 14.9. The quantitative estimate of drug-likeness (QED) is 0.433. The lowest BCUT2D eigenvalue weighted by Gasteiger charge is -2.13. The maximum Gasteiger partial charge on any atom is 0.271 e. The molecule has 0 spiro atoms. The van der Waals surface area contributed by atoms with Crippen LogP contribution < -0.4 is 5.32 Å². The van der Waals surface area contributed by atoms with Gasteiger partial charge in [0.05, 0.1) is 20.9 Å². The fourth-order valence-electron chi connectivity index (χ4n) is 2.50. The highest BCUT2D eigenvalue weighted by molar-refractivity contribution is 8.00. The van der Waals surface area contributed by atoms with Crippen molar-refractivity contribution in [3.05, 3.63) is 39.2 Å². The van der Waals surface area contributed by atoms with Gasteiger partial charge in [0.25, 0.3) is 5.69 Å². The molecule has 0 saturated heterocycles. The van der Waals surface area contributed by atoms with Crippen LogP contribution in [0, 0.1) is 10.1 Å². The van der Waals surface area contributed by atoms with E-state index in [-0.39, 0.29) is 22.3 Å².